The van der Waals surface area contributed by atoms with Crippen LogP contribution in [-0.2, 0) is 0 Å². The molecule has 1 aromatic heterocycles. The second-order valence-corrected chi connectivity index (χ2v) is 8.94. The molecular weight excluding hydrogens is 406 g/mol. The number of pyridine rings is 1. The van der Waals surface area contributed by atoms with Crippen molar-refractivity contribution in [2.75, 3.05) is 23.3 Å². The van der Waals surface area contributed by atoms with E-state index in [2.05, 4.69) is 20.5 Å². The van der Waals surface area contributed by atoms with Crippen molar-refractivity contribution in [3.63, 3.8) is 0 Å². The number of anilines is 2. The lowest BCUT2D eigenvalue weighted by Crippen LogP contribution is -2.45. The molecule has 2 N–H and O–H groups in total. The van der Waals surface area contributed by atoms with Gasteiger partial charge in [0.05, 0.1) is 4.92 Å². The van der Waals surface area contributed by atoms with Gasteiger partial charge in [-0.1, -0.05) is 31.0 Å². The Hall–Kier alpha value is -3.16. The molecule has 2 aliphatic rings. The van der Waals surface area contributed by atoms with Gasteiger partial charge in [-0.05, 0) is 62.1 Å². The number of nitrogens with one attached hydrogen (secondary N) is 2. The van der Waals surface area contributed by atoms with E-state index in [4.69, 9.17) is 0 Å². The minimum absolute atomic E-state index is 0.0206. The number of hydrogen-bond donors (Lipinski definition) is 2. The third-order valence-electron chi connectivity index (χ3n) is 6.68. The maximum atomic E-state index is 12.5. The van der Waals surface area contributed by atoms with E-state index in [0.717, 1.165) is 56.7 Å². The lowest BCUT2D eigenvalue weighted by molar-refractivity contribution is -0.385. The first-order chi connectivity index (χ1) is 15.6. The van der Waals surface area contributed by atoms with Crippen molar-refractivity contribution in [3.8, 4) is 0 Å². The van der Waals surface area contributed by atoms with Crippen LogP contribution >= 0.6 is 0 Å². The van der Waals surface area contributed by atoms with Crippen LogP contribution < -0.4 is 15.5 Å². The van der Waals surface area contributed by atoms with E-state index in [1.54, 1.807) is 6.07 Å². The molecule has 2 amide bonds. The number of amides is 2. The molecule has 2 aromatic rings. The maximum absolute atomic E-state index is 12.5. The minimum atomic E-state index is -0.417. The van der Waals surface area contributed by atoms with Crippen LogP contribution in [0.3, 0.4) is 0 Å². The van der Waals surface area contributed by atoms with Crippen molar-refractivity contribution < 1.29 is 9.72 Å². The molecule has 1 aromatic carbocycles. The number of aromatic nitrogens is 1. The van der Waals surface area contributed by atoms with Gasteiger partial charge in [0.25, 0.3) is 5.69 Å². The summed E-state index contributed by atoms with van der Waals surface area (Å²) < 4.78 is 0. The summed E-state index contributed by atoms with van der Waals surface area (Å²) in [5.74, 6) is 1.81. The highest BCUT2D eigenvalue weighted by molar-refractivity contribution is 5.89. The van der Waals surface area contributed by atoms with Gasteiger partial charge in [-0.3, -0.25) is 10.1 Å². The highest BCUT2D eigenvalue weighted by atomic mass is 16.6. The molecule has 1 aliphatic heterocycles. The first kappa shape index (κ1) is 22.0. The number of urea groups is 1. The Morgan fingerprint density at radius 3 is 2.66 bits per heavy atom. The third-order valence-corrected chi connectivity index (χ3v) is 6.68. The lowest BCUT2D eigenvalue weighted by Gasteiger charge is -2.38. The Morgan fingerprint density at radius 1 is 1.09 bits per heavy atom. The summed E-state index contributed by atoms with van der Waals surface area (Å²) in [6, 6.07) is 12.9. The smallest absolute Gasteiger partial charge is 0.319 e. The molecule has 170 valence electrons. The van der Waals surface area contributed by atoms with Gasteiger partial charge in [0.15, 0.2) is 0 Å². The SMILES string of the molecule is O=C(Nc1ccccc1)N[C@@H]1CCCC[C@H]1C[C@H]1CCCN(c2ccc([N+](=O)[O-])cn2)C1. The number of piperidine rings is 1. The first-order valence-corrected chi connectivity index (χ1v) is 11.6. The topological polar surface area (TPSA) is 100 Å². The zero-order valence-corrected chi connectivity index (χ0v) is 18.3. The molecule has 2 heterocycles. The quantitative estimate of drug-likeness (QED) is 0.490. The summed E-state index contributed by atoms with van der Waals surface area (Å²) in [4.78, 5) is 29.6. The van der Waals surface area contributed by atoms with Gasteiger partial charge >= 0.3 is 6.03 Å². The van der Waals surface area contributed by atoms with Crippen molar-refractivity contribution in [2.24, 2.45) is 11.8 Å². The highest BCUT2D eigenvalue weighted by Crippen LogP contribution is 2.34. The second kappa shape index (κ2) is 10.4. The zero-order valence-electron chi connectivity index (χ0n) is 18.3. The van der Waals surface area contributed by atoms with Gasteiger partial charge in [-0.15, -0.1) is 0 Å². The summed E-state index contributed by atoms with van der Waals surface area (Å²) in [6.45, 7) is 1.83. The molecule has 3 atom stereocenters. The summed E-state index contributed by atoms with van der Waals surface area (Å²) in [5.41, 5.74) is 0.822. The van der Waals surface area contributed by atoms with Gasteiger partial charge in [0, 0.05) is 30.9 Å². The number of nitro groups is 1. The number of para-hydroxylation sites is 1. The largest absolute Gasteiger partial charge is 0.356 e. The van der Waals surface area contributed by atoms with E-state index in [9.17, 15) is 14.9 Å². The molecule has 2 fully saturated rings. The molecule has 4 rings (SSSR count). The van der Waals surface area contributed by atoms with Crippen LogP contribution in [0.1, 0.15) is 44.9 Å². The molecule has 8 nitrogen and oxygen atoms in total. The predicted octanol–water partition coefficient (Wildman–Crippen LogP) is 4.98. The molecule has 0 spiro atoms. The number of carbonyl (C=O) groups excluding carboxylic acids is 1. The molecule has 1 saturated carbocycles. The van der Waals surface area contributed by atoms with Crippen molar-refractivity contribution in [1.82, 2.24) is 10.3 Å². The molecule has 8 heteroatoms. The maximum Gasteiger partial charge on any atom is 0.319 e. The molecule has 32 heavy (non-hydrogen) atoms. The number of hydrogen-bond acceptors (Lipinski definition) is 5. The Morgan fingerprint density at radius 2 is 1.91 bits per heavy atom. The van der Waals surface area contributed by atoms with Gasteiger partial charge in [0.1, 0.15) is 12.0 Å². The molecular formula is C24H31N5O3. The van der Waals surface area contributed by atoms with Crippen LogP contribution in [0.2, 0.25) is 0 Å². The lowest BCUT2D eigenvalue weighted by atomic mass is 9.77. The molecule has 1 saturated heterocycles. The summed E-state index contributed by atoms with van der Waals surface area (Å²) in [7, 11) is 0. The van der Waals surface area contributed by atoms with E-state index in [-0.39, 0.29) is 17.8 Å². The van der Waals surface area contributed by atoms with Gasteiger partial charge in [-0.2, -0.15) is 0 Å². The standard InChI is InChI=1S/C24H31N5O3/c30-24(26-20-9-2-1-3-10-20)27-22-11-5-4-8-19(22)15-18-7-6-14-28(17-18)23-13-12-21(16-25-23)29(31)32/h1-3,9-10,12-13,16,18-19,22H,4-8,11,14-15,17H2,(H2,26,27,30)/t18-,19+,22-/m1/s1. The fourth-order valence-electron chi connectivity index (χ4n) is 5.10. The van der Waals surface area contributed by atoms with Gasteiger partial charge < -0.3 is 15.5 Å². The number of nitrogens with zero attached hydrogens (tertiary/aromatic N) is 3. The van der Waals surface area contributed by atoms with E-state index in [1.165, 1.54) is 25.1 Å². The van der Waals surface area contributed by atoms with E-state index >= 15 is 0 Å². The van der Waals surface area contributed by atoms with Crippen molar-refractivity contribution >= 4 is 23.2 Å². The second-order valence-electron chi connectivity index (χ2n) is 8.94. The van der Waals surface area contributed by atoms with Crippen LogP contribution in [0.4, 0.5) is 22.0 Å². The van der Waals surface area contributed by atoms with Crippen molar-refractivity contribution in [2.45, 2.75) is 51.0 Å². The molecule has 0 unspecified atom stereocenters. The molecule has 0 radical (unpaired) electrons. The monoisotopic (exact) mass is 437 g/mol. The van der Waals surface area contributed by atoms with Crippen LogP contribution in [0.5, 0.6) is 0 Å². The number of benzene rings is 1. The fraction of sp³-hybridized carbons (Fsp3) is 0.500. The Labute approximate surface area is 188 Å². The Balaban J connectivity index is 1.33. The van der Waals surface area contributed by atoms with E-state index in [1.807, 2.05) is 30.3 Å². The van der Waals surface area contributed by atoms with Gasteiger partial charge in [-0.25, -0.2) is 9.78 Å². The Bertz CT molecular complexity index is 906. The first-order valence-electron chi connectivity index (χ1n) is 11.6. The van der Waals surface area contributed by atoms with E-state index in [0.29, 0.717) is 11.8 Å². The third kappa shape index (κ3) is 5.75. The molecule has 1 aliphatic carbocycles. The van der Waals surface area contributed by atoms with Crippen molar-refractivity contribution in [3.05, 3.63) is 58.8 Å². The summed E-state index contributed by atoms with van der Waals surface area (Å²) in [6.07, 6.45) is 9.20. The zero-order chi connectivity index (χ0) is 22.3. The number of carbonyl (C=O) groups is 1. The normalized spacial score (nSPS) is 23.4. The van der Waals surface area contributed by atoms with Crippen LogP contribution in [-0.4, -0.2) is 35.1 Å². The van der Waals surface area contributed by atoms with Gasteiger partial charge in [0.2, 0.25) is 0 Å². The average Bonchev–Trinajstić information content (AvgIpc) is 2.81. The number of rotatable bonds is 6. The minimum Gasteiger partial charge on any atom is -0.356 e. The predicted molar refractivity (Wildman–Crippen MR) is 125 cm³/mol. The van der Waals surface area contributed by atoms with Crippen LogP contribution in [0.25, 0.3) is 0 Å². The average molecular weight is 438 g/mol. The van der Waals surface area contributed by atoms with Crippen molar-refractivity contribution in [1.29, 1.82) is 0 Å². The fourth-order valence-corrected chi connectivity index (χ4v) is 5.10. The summed E-state index contributed by atoms with van der Waals surface area (Å²) >= 11 is 0. The highest BCUT2D eigenvalue weighted by Gasteiger charge is 2.31. The van der Waals surface area contributed by atoms with Crippen LogP contribution in [0.15, 0.2) is 48.7 Å². The van der Waals surface area contributed by atoms with E-state index < -0.39 is 4.92 Å². The molecule has 0 bridgehead atoms. The van der Waals surface area contributed by atoms with Crippen LogP contribution in [0, 0.1) is 22.0 Å². The summed E-state index contributed by atoms with van der Waals surface area (Å²) in [5, 5.41) is 17.1. The Kier molecular flexibility index (Phi) is 7.19.